The van der Waals surface area contributed by atoms with E-state index in [1.165, 1.54) is 24.8 Å². The summed E-state index contributed by atoms with van der Waals surface area (Å²) in [5.41, 5.74) is 1.32. The molecule has 172 valence electrons. The predicted molar refractivity (Wildman–Crippen MR) is 128 cm³/mol. The molecule has 2 fully saturated rings. The molecule has 2 aliphatic rings. The Balaban J connectivity index is 1.42. The number of anilines is 1. The first kappa shape index (κ1) is 23.8. The minimum atomic E-state index is 0.0726. The molecule has 1 aromatic rings. The molecular formula is C26H41N3O2. The Morgan fingerprint density at radius 2 is 2.13 bits per heavy atom. The molecule has 0 radical (unpaired) electrons. The van der Waals surface area contributed by atoms with Crippen LogP contribution in [0, 0.1) is 11.8 Å². The van der Waals surface area contributed by atoms with Gasteiger partial charge in [-0.05, 0) is 88.1 Å². The largest absolute Gasteiger partial charge is 0.469 e. The highest BCUT2D eigenvalue weighted by molar-refractivity contribution is 5.42. The third kappa shape index (κ3) is 7.36. The van der Waals surface area contributed by atoms with Crippen LogP contribution in [-0.2, 0) is 9.47 Å². The molecule has 5 nitrogen and oxygen atoms in total. The van der Waals surface area contributed by atoms with E-state index in [-0.39, 0.29) is 6.10 Å². The molecule has 3 heterocycles. The van der Waals surface area contributed by atoms with Crippen molar-refractivity contribution < 1.29 is 9.47 Å². The van der Waals surface area contributed by atoms with Crippen LogP contribution in [0.15, 0.2) is 42.3 Å². The lowest BCUT2D eigenvalue weighted by Gasteiger charge is -2.24. The van der Waals surface area contributed by atoms with E-state index in [2.05, 4.69) is 60.3 Å². The zero-order valence-electron chi connectivity index (χ0n) is 19.8. The molecule has 0 aliphatic carbocycles. The first-order valence-corrected chi connectivity index (χ1v) is 12.1. The molecule has 3 rings (SSSR count). The molecule has 5 heteroatoms. The number of hydrogen-bond donors (Lipinski definition) is 1. The second kappa shape index (κ2) is 12.3. The quantitative estimate of drug-likeness (QED) is 0.519. The van der Waals surface area contributed by atoms with Crippen molar-refractivity contribution in [3.8, 4) is 0 Å². The Labute approximate surface area is 188 Å². The lowest BCUT2D eigenvalue weighted by Crippen LogP contribution is -2.26. The molecule has 0 bridgehead atoms. The van der Waals surface area contributed by atoms with Crippen LogP contribution in [0.25, 0.3) is 0 Å². The van der Waals surface area contributed by atoms with Gasteiger partial charge in [0.2, 0.25) is 0 Å². The van der Waals surface area contributed by atoms with Crippen molar-refractivity contribution in [2.75, 3.05) is 31.3 Å². The second-order valence-electron chi connectivity index (χ2n) is 9.26. The summed E-state index contributed by atoms with van der Waals surface area (Å²) < 4.78 is 10.8. The maximum Gasteiger partial charge on any atom is 0.189 e. The molecule has 2 saturated heterocycles. The number of allylic oxidation sites excluding steroid dienone is 3. The average Bonchev–Trinajstić information content (AvgIpc) is 3.02. The maximum absolute atomic E-state index is 5.42. The molecule has 31 heavy (non-hydrogen) atoms. The number of hydrogen-bond acceptors (Lipinski definition) is 5. The zero-order chi connectivity index (χ0) is 22.1. The topological polar surface area (TPSA) is 46.6 Å². The van der Waals surface area contributed by atoms with Gasteiger partial charge < -0.3 is 19.7 Å². The number of rotatable bonds is 9. The van der Waals surface area contributed by atoms with Crippen LogP contribution >= 0.6 is 0 Å². The van der Waals surface area contributed by atoms with Gasteiger partial charge in [-0.3, -0.25) is 0 Å². The maximum atomic E-state index is 5.42. The van der Waals surface area contributed by atoms with Gasteiger partial charge in [0.25, 0.3) is 0 Å². The van der Waals surface area contributed by atoms with Gasteiger partial charge in [-0.25, -0.2) is 4.98 Å². The number of unbranched alkanes of at least 4 members (excludes halogenated alkanes) is 1. The third-order valence-electron chi connectivity index (χ3n) is 6.65. The van der Waals surface area contributed by atoms with Crippen LogP contribution in [0.5, 0.6) is 0 Å². The summed E-state index contributed by atoms with van der Waals surface area (Å²) in [6.07, 6.45) is 14.4. The third-order valence-corrected chi connectivity index (χ3v) is 6.65. The summed E-state index contributed by atoms with van der Waals surface area (Å²) in [6, 6.07) is 4.75. The first-order chi connectivity index (χ1) is 15.0. The Morgan fingerprint density at radius 1 is 1.26 bits per heavy atom. The number of nitrogens with one attached hydrogen (secondary N) is 1. The molecule has 0 amide bonds. The molecule has 1 aromatic heterocycles. The van der Waals surface area contributed by atoms with Crippen molar-refractivity contribution in [3.63, 3.8) is 0 Å². The van der Waals surface area contributed by atoms with Gasteiger partial charge in [0, 0.05) is 25.3 Å². The Bertz CT molecular complexity index is 731. The number of nitrogens with zero attached hydrogens (tertiary/aromatic N) is 2. The highest BCUT2D eigenvalue weighted by Gasteiger charge is 2.20. The van der Waals surface area contributed by atoms with Crippen molar-refractivity contribution >= 4 is 5.82 Å². The molecular weight excluding hydrogens is 386 g/mol. The van der Waals surface area contributed by atoms with Crippen molar-refractivity contribution in [2.24, 2.45) is 11.8 Å². The zero-order valence-corrected chi connectivity index (χ0v) is 19.8. The fourth-order valence-electron chi connectivity index (χ4n) is 4.40. The van der Waals surface area contributed by atoms with Crippen LogP contribution in [-0.4, -0.2) is 37.5 Å². The molecule has 0 aromatic carbocycles. The number of ether oxygens (including phenoxy) is 2. The van der Waals surface area contributed by atoms with Crippen LogP contribution in [0.4, 0.5) is 5.82 Å². The summed E-state index contributed by atoms with van der Waals surface area (Å²) in [6.45, 7) is 12.6. The Morgan fingerprint density at radius 3 is 2.90 bits per heavy atom. The van der Waals surface area contributed by atoms with Crippen LogP contribution in [0.1, 0.15) is 71.4 Å². The van der Waals surface area contributed by atoms with Crippen LogP contribution in [0.2, 0.25) is 0 Å². The smallest absolute Gasteiger partial charge is 0.189 e. The average molecular weight is 428 g/mol. The van der Waals surface area contributed by atoms with E-state index in [1.54, 1.807) is 0 Å². The molecule has 3 unspecified atom stereocenters. The van der Waals surface area contributed by atoms with Gasteiger partial charge in [-0.15, -0.1) is 0 Å². The second-order valence-corrected chi connectivity index (χ2v) is 9.26. The van der Waals surface area contributed by atoms with E-state index in [1.807, 2.05) is 19.2 Å². The summed E-state index contributed by atoms with van der Waals surface area (Å²) in [4.78, 5) is 7.17. The van der Waals surface area contributed by atoms with Crippen molar-refractivity contribution in [1.29, 1.82) is 0 Å². The molecule has 0 saturated carbocycles. The predicted octanol–water partition coefficient (Wildman–Crippen LogP) is 5.61. The van der Waals surface area contributed by atoms with E-state index in [0.717, 1.165) is 55.9 Å². The summed E-state index contributed by atoms with van der Waals surface area (Å²) in [5, 5.41) is 3.66. The number of pyridine rings is 1. The van der Waals surface area contributed by atoms with E-state index in [0.29, 0.717) is 12.8 Å². The SMILES string of the molecule is CC1OCO/C1=C/C=C\CCCNC(C)c1ccnc(N2CCCC(C(C)C)CC2)c1. The fraction of sp³-hybridized carbons (Fsp3) is 0.654. The molecule has 1 N–H and O–H groups in total. The van der Waals surface area contributed by atoms with E-state index in [4.69, 9.17) is 9.47 Å². The normalized spacial score (nSPS) is 24.7. The van der Waals surface area contributed by atoms with E-state index in [9.17, 15) is 0 Å². The van der Waals surface area contributed by atoms with Gasteiger partial charge in [0.05, 0.1) is 0 Å². The molecule has 3 atom stereocenters. The molecule has 0 spiro atoms. The first-order valence-electron chi connectivity index (χ1n) is 12.1. The van der Waals surface area contributed by atoms with E-state index >= 15 is 0 Å². The van der Waals surface area contributed by atoms with Crippen LogP contribution in [0.3, 0.4) is 0 Å². The van der Waals surface area contributed by atoms with Gasteiger partial charge in [-0.2, -0.15) is 0 Å². The van der Waals surface area contributed by atoms with Gasteiger partial charge in [0.15, 0.2) is 6.79 Å². The summed E-state index contributed by atoms with van der Waals surface area (Å²) in [7, 11) is 0. The van der Waals surface area contributed by atoms with Crippen molar-refractivity contribution in [2.45, 2.75) is 71.9 Å². The minimum absolute atomic E-state index is 0.0726. The fourth-order valence-corrected chi connectivity index (χ4v) is 4.40. The lowest BCUT2D eigenvalue weighted by molar-refractivity contribution is 0.0553. The summed E-state index contributed by atoms with van der Waals surface area (Å²) in [5.74, 6) is 3.68. The monoisotopic (exact) mass is 427 g/mol. The highest BCUT2D eigenvalue weighted by atomic mass is 16.7. The van der Waals surface area contributed by atoms with Crippen molar-refractivity contribution in [3.05, 3.63) is 47.9 Å². The van der Waals surface area contributed by atoms with E-state index < -0.39 is 0 Å². The lowest BCUT2D eigenvalue weighted by atomic mass is 9.89. The number of aromatic nitrogens is 1. The van der Waals surface area contributed by atoms with Gasteiger partial charge >= 0.3 is 0 Å². The standard InChI is InChI=1S/C26H41N3O2/c1-20(2)23-10-9-16-29(17-13-23)26-18-24(12-15-28-26)21(3)27-14-8-6-5-7-11-25-22(4)30-19-31-25/h5,7,11-12,15,18,20-23,27H,6,8-10,13-14,16-17,19H2,1-4H3/b7-5-,25-11+. The summed E-state index contributed by atoms with van der Waals surface area (Å²) >= 11 is 0. The Hall–Kier alpha value is -1.85. The molecule has 2 aliphatic heterocycles. The van der Waals surface area contributed by atoms with Gasteiger partial charge in [0.1, 0.15) is 17.7 Å². The van der Waals surface area contributed by atoms with Crippen LogP contribution < -0.4 is 10.2 Å². The minimum Gasteiger partial charge on any atom is -0.469 e. The Kier molecular flexibility index (Phi) is 9.41. The van der Waals surface area contributed by atoms with Crippen molar-refractivity contribution in [1.82, 2.24) is 10.3 Å². The highest BCUT2D eigenvalue weighted by Crippen LogP contribution is 2.27. The van der Waals surface area contributed by atoms with Gasteiger partial charge in [-0.1, -0.05) is 26.0 Å².